The van der Waals surface area contributed by atoms with Crippen molar-refractivity contribution < 1.29 is 9.15 Å². The lowest BCUT2D eigenvalue weighted by atomic mass is 9.80. The molecule has 2 fully saturated rings. The van der Waals surface area contributed by atoms with Crippen molar-refractivity contribution in [2.24, 2.45) is 4.99 Å². The zero-order valence-corrected chi connectivity index (χ0v) is 15.4. The monoisotopic (exact) mass is 348 g/mol. The van der Waals surface area contributed by atoms with Gasteiger partial charge in [0.15, 0.2) is 5.96 Å². The van der Waals surface area contributed by atoms with E-state index in [9.17, 15) is 0 Å². The standard InChI is InChI=1S/C19H32N4O2/c1-20-18(21-10-7-17-6-5-13-25-17)22-16-19(8-3-2-4-9-19)23-11-14-24-15-12-23/h5-6,13H,2-4,7-12,14-16H2,1H3,(H2,20,21,22). The zero-order chi connectivity index (χ0) is 17.4. The van der Waals surface area contributed by atoms with Crippen LogP contribution in [0.1, 0.15) is 37.9 Å². The molecule has 0 bridgehead atoms. The molecule has 1 aliphatic heterocycles. The Kier molecular flexibility index (Phi) is 6.76. The molecule has 1 aliphatic carbocycles. The fourth-order valence-electron chi connectivity index (χ4n) is 4.08. The number of guanidine groups is 1. The zero-order valence-electron chi connectivity index (χ0n) is 15.4. The molecule has 1 aromatic heterocycles. The highest BCUT2D eigenvalue weighted by Crippen LogP contribution is 2.33. The minimum atomic E-state index is 0.251. The Bertz CT molecular complexity index is 518. The highest BCUT2D eigenvalue weighted by atomic mass is 16.5. The van der Waals surface area contributed by atoms with Gasteiger partial charge in [0.25, 0.3) is 0 Å². The van der Waals surface area contributed by atoms with E-state index in [1.807, 2.05) is 19.2 Å². The summed E-state index contributed by atoms with van der Waals surface area (Å²) in [5.74, 6) is 1.88. The van der Waals surface area contributed by atoms with Gasteiger partial charge in [0.2, 0.25) is 0 Å². The molecule has 6 heteroatoms. The molecule has 3 rings (SSSR count). The van der Waals surface area contributed by atoms with Crippen LogP contribution >= 0.6 is 0 Å². The maximum Gasteiger partial charge on any atom is 0.191 e. The summed E-state index contributed by atoms with van der Waals surface area (Å²) in [6.45, 7) is 5.58. The average Bonchev–Trinajstić information content (AvgIpc) is 3.19. The molecule has 1 aromatic rings. The molecule has 6 nitrogen and oxygen atoms in total. The van der Waals surface area contributed by atoms with Crippen molar-refractivity contribution in [2.45, 2.75) is 44.1 Å². The molecule has 1 saturated heterocycles. The first kappa shape index (κ1) is 18.3. The number of aliphatic imine (C=N–C) groups is 1. The van der Waals surface area contributed by atoms with Gasteiger partial charge < -0.3 is 19.8 Å². The van der Waals surface area contributed by atoms with E-state index in [4.69, 9.17) is 9.15 Å². The minimum absolute atomic E-state index is 0.251. The van der Waals surface area contributed by atoms with Gasteiger partial charge >= 0.3 is 0 Å². The Labute approximate surface area is 151 Å². The van der Waals surface area contributed by atoms with Crippen LogP contribution in [0.4, 0.5) is 0 Å². The second-order valence-corrected chi connectivity index (χ2v) is 7.07. The molecular weight excluding hydrogens is 316 g/mol. The third-order valence-electron chi connectivity index (χ3n) is 5.52. The van der Waals surface area contributed by atoms with Gasteiger partial charge in [0, 0.05) is 45.2 Å². The molecule has 2 heterocycles. The Morgan fingerprint density at radius 2 is 2.00 bits per heavy atom. The summed E-state index contributed by atoms with van der Waals surface area (Å²) < 4.78 is 10.9. The van der Waals surface area contributed by atoms with Gasteiger partial charge in [-0.1, -0.05) is 19.3 Å². The largest absolute Gasteiger partial charge is 0.469 e. The first-order chi connectivity index (χ1) is 12.3. The van der Waals surface area contributed by atoms with Gasteiger partial charge in [-0.05, 0) is 25.0 Å². The van der Waals surface area contributed by atoms with Crippen LogP contribution in [0.25, 0.3) is 0 Å². The molecule has 1 saturated carbocycles. The predicted molar refractivity (Wildman–Crippen MR) is 100.0 cm³/mol. The highest BCUT2D eigenvalue weighted by molar-refractivity contribution is 5.79. The van der Waals surface area contributed by atoms with Gasteiger partial charge in [-0.25, -0.2) is 0 Å². The summed E-state index contributed by atoms with van der Waals surface area (Å²) in [7, 11) is 1.84. The van der Waals surface area contributed by atoms with Crippen molar-refractivity contribution >= 4 is 5.96 Å². The van der Waals surface area contributed by atoms with Gasteiger partial charge in [-0.3, -0.25) is 9.89 Å². The molecule has 0 aromatic carbocycles. The Morgan fingerprint density at radius 1 is 1.20 bits per heavy atom. The molecule has 2 aliphatic rings. The fourth-order valence-corrected chi connectivity index (χ4v) is 4.08. The van der Waals surface area contributed by atoms with E-state index in [-0.39, 0.29) is 5.54 Å². The van der Waals surface area contributed by atoms with Gasteiger partial charge in [0.1, 0.15) is 5.76 Å². The predicted octanol–water partition coefficient (Wildman–Crippen LogP) is 2.02. The molecule has 0 spiro atoms. The first-order valence-corrected chi connectivity index (χ1v) is 9.62. The molecular formula is C19H32N4O2. The number of hydrogen-bond donors (Lipinski definition) is 2. The molecule has 0 unspecified atom stereocenters. The van der Waals surface area contributed by atoms with Crippen LogP contribution in [-0.2, 0) is 11.2 Å². The maximum absolute atomic E-state index is 5.56. The van der Waals surface area contributed by atoms with E-state index in [1.54, 1.807) is 6.26 Å². The molecule has 0 atom stereocenters. The number of nitrogens with one attached hydrogen (secondary N) is 2. The maximum atomic E-state index is 5.56. The third kappa shape index (κ3) is 4.98. The fraction of sp³-hybridized carbons (Fsp3) is 0.737. The van der Waals surface area contributed by atoms with Crippen molar-refractivity contribution in [1.82, 2.24) is 15.5 Å². The lowest BCUT2D eigenvalue weighted by Crippen LogP contribution is -2.60. The Balaban J connectivity index is 1.51. The highest BCUT2D eigenvalue weighted by Gasteiger charge is 2.38. The summed E-state index contributed by atoms with van der Waals surface area (Å²) in [6.07, 6.45) is 9.13. The first-order valence-electron chi connectivity index (χ1n) is 9.62. The van der Waals surface area contributed by atoms with E-state index in [0.29, 0.717) is 0 Å². The summed E-state index contributed by atoms with van der Waals surface area (Å²) in [4.78, 5) is 7.04. The molecule has 140 valence electrons. The van der Waals surface area contributed by atoms with E-state index in [1.165, 1.54) is 32.1 Å². The van der Waals surface area contributed by atoms with E-state index in [0.717, 1.165) is 57.5 Å². The lowest BCUT2D eigenvalue weighted by Gasteiger charge is -2.48. The van der Waals surface area contributed by atoms with Crippen LogP contribution in [-0.4, -0.2) is 62.8 Å². The molecule has 0 radical (unpaired) electrons. The quantitative estimate of drug-likeness (QED) is 0.608. The second kappa shape index (κ2) is 9.25. The second-order valence-electron chi connectivity index (χ2n) is 7.07. The third-order valence-corrected chi connectivity index (χ3v) is 5.52. The van der Waals surface area contributed by atoms with Crippen molar-refractivity contribution in [1.29, 1.82) is 0 Å². The van der Waals surface area contributed by atoms with E-state index in [2.05, 4.69) is 20.5 Å². The van der Waals surface area contributed by atoms with Crippen LogP contribution in [0, 0.1) is 0 Å². The number of ether oxygens (including phenoxy) is 1. The summed E-state index contributed by atoms with van der Waals surface area (Å²) in [5.41, 5.74) is 0.251. The minimum Gasteiger partial charge on any atom is -0.469 e. The number of furan rings is 1. The summed E-state index contributed by atoms with van der Waals surface area (Å²) in [5, 5.41) is 6.99. The normalized spacial score (nSPS) is 21.9. The van der Waals surface area contributed by atoms with E-state index >= 15 is 0 Å². The van der Waals surface area contributed by atoms with Crippen LogP contribution in [0.5, 0.6) is 0 Å². The van der Waals surface area contributed by atoms with Crippen LogP contribution in [0.2, 0.25) is 0 Å². The van der Waals surface area contributed by atoms with Gasteiger partial charge in [-0.15, -0.1) is 0 Å². The van der Waals surface area contributed by atoms with Gasteiger partial charge in [0.05, 0.1) is 19.5 Å². The van der Waals surface area contributed by atoms with Crippen LogP contribution in [0.15, 0.2) is 27.8 Å². The molecule has 0 amide bonds. The van der Waals surface area contributed by atoms with Crippen LogP contribution in [0.3, 0.4) is 0 Å². The lowest BCUT2D eigenvalue weighted by molar-refractivity contribution is -0.0352. The van der Waals surface area contributed by atoms with E-state index < -0.39 is 0 Å². The Hall–Kier alpha value is -1.53. The van der Waals surface area contributed by atoms with Crippen molar-refractivity contribution in [3.63, 3.8) is 0 Å². The average molecular weight is 348 g/mol. The van der Waals surface area contributed by atoms with Gasteiger partial charge in [-0.2, -0.15) is 0 Å². The topological polar surface area (TPSA) is 62.0 Å². The Morgan fingerprint density at radius 3 is 2.68 bits per heavy atom. The molecule has 2 N–H and O–H groups in total. The van der Waals surface area contributed by atoms with Crippen molar-refractivity contribution in [3.8, 4) is 0 Å². The molecule has 25 heavy (non-hydrogen) atoms. The number of rotatable bonds is 6. The number of hydrogen-bond acceptors (Lipinski definition) is 4. The summed E-state index contributed by atoms with van der Waals surface area (Å²) >= 11 is 0. The number of morpholine rings is 1. The van der Waals surface area contributed by atoms with Crippen molar-refractivity contribution in [3.05, 3.63) is 24.2 Å². The SMILES string of the molecule is CN=C(NCCc1ccco1)NCC1(N2CCOCC2)CCCCC1. The van der Waals surface area contributed by atoms with Crippen molar-refractivity contribution in [2.75, 3.05) is 46.4 Å². The summed E-state index contributed by atoms with van der Waals surface area (Å²) in [6, 6.07) is 3.94. The smallest absolute Gasteiger partial charge is 0.191 e. The number of nitrogens with zero attached hydrogens (tertiary/aromatic N) is 2. The van der Waals surface area contributed by atoms with Crippen LogP contribution < -0.4 is 10.6 Å².